The van der Waals surface area contributed by atoms with Gasteiger partial charge in [0.15, 0.2) is 18.9 Å². The van der Waals surface area contributed by atoms with Gasteiger partial charge in [-0.3, -0.25) is 14.4 Å². The lowest BCUT2D eigenvalue weighted by atomic mass is 9.93. The number of hydrogen-bond acceptors (Lipinski definition) is 17. The molecule has 3 aliphatic heterocycles. The van der Waals surface area contributed by atoms with Gasteiger partial charge < -0.3 is 84.9 Å². The fourth-order valence-electron chi connectivity index (χ4n) is 6.08. The fraction of sp³-hybridized carbons (Fsp3) is 0.806. The summed E-state index contributed by atoms with van der Waals surface area (Å²) in [5, 5.41) is 81.4. The van der Waals surface area contributed by atoms with Crippen LogP contribution in [0.5, 0.6) is 0 Å². The van der Waals surface area contributed by atoms with Crippen molar-refractivity contribution in [1.29, 1.82) is 0 Å². The number of carbonyl (C=O) groups is 4. The zero-order valence-corrected chi connectivity index (χ0v) is 29.0. The first-order chi connectivity index (χ1) is 24.6. The molecule has 3 amide bonds. The number of carboxylic acids is 1. The van der Waals surface area contributed by atoms with Crippen LogP contribution in [0.15, 0.2) is 12.7 Å². The van der Waals surface area contributed by atoms with Crippen LogP contribution >= 0.6 is 0 Å². The van der Waals surface area contributed by atoms with E-state index < -0.39 is 142 Å². The number of allylic oxidation sites excluding steroid dienone is 1. The molecule has 3 saturated heterocycles. The second-order valence-electron chi connectivity index (χ2n) is 12.5. The Labute approximate surface area is 299 Å². The topological polar surface area (TPSA) is 311 Å². The summed E-state index contributed by atoms with van der Waals surface area (Å²) in [7, 11) is 0. The zero-order valence-electron chi connectivity index (χ0n) is 29.0. The van der Waals surface area contributed by atoms with Crippen molar-refractivity contribution < 1.29 is 88.1 Å². The second kappa shape index (κ2) is 20.5. The Morgan fingerprint density at radius 3 is 1.58 bits per heavy atom. The molecule has 21 heteroatoms. The average molecular weight is 754 g/mol. The fourth-order valence-corrected chi connectivity index (χ4v) is 6.08. The molecule has 3 aliphatic rings. The maximum absolute atomic E-state index is 12.3. The molecule has 0 saturated carbocycles. The molecule has 3 rings (SSSR count). The standard InChI is InChI=1S/C31H51N3O18/c1-5-6-7-8-47-29-21(33-14(3)38)25(44)27(16(9-35)48-29)52-31-22(34-15(4)39)26(45)28(17(10-36)49-31)51-30-20(32-13(2)37)24(43)23(42)18(50-30)11-46-12-19(40)41/h5,16-18,20-31,35-36,42-45H,1,6-12H2,2-4H3,(H,32,37)(H,33,38)(H,34,39)(H,40,41)/t16-,17-,18-,20-,21-,22-,23-,24-,25-,26-,27-,28-,29-,30+,31+/m1/s1. The van der Waals surface area contributed by atoms with Crippen LogP contribution < -0.4 is 16.0 Å². The van der Waals surface area contributed by atoms with Gasteiger partial charge >= 0.3 is 5.97 Å². The maximum atomic E-state index is 12.3. The van der Waals surface area contributed by atoms with Crippen LogP contribution in [0.1, 0.15) is 33.6 Å². The van der Waals surface area contributed by atoms with Gasteiger partial charge in [-0.25, -0.2) is 4.79 Å². The molecule has 52 heavy (non-hydrogen) atoms. The maximum Gasteiger partial charge on any atom is 0.329 e. The Hall–Kier alpha value is -2.90. The smallest absolute Gasteiger partial charge is 0.329 e. The van der Waals surface area contributed by atoms with Crippen LogP contribution in [0.4, 0.5) is 0 Å². The molecule has 21 nitrogen and oxygen atoms in total. The van der Waals surface area contributed by atoms with Crippen molar-refractivity contribution in [2.45, 2.75) is 126 Å². The monoisotopic (exact) mass is 753 g/mol. The number of unbranched alkanes of at least 4 members (excludes halogenated alkanes) is 1. The number of ether oxygens (including phenoxy) is 7. The lowest BCUT2D eigenvalue weighted by Crippen LogP contribution is -2.71. The molecular weight excluding hydrogens is 702 g/mol. The van der Waals surface area contributed by atoms with Gasteiger partial charge in [-0.1, -0.05) is 6.08 Å². The normalized spacial score (nSPS) is 37.8. The van der Waals surface area contributed by atoms with Gasteiger partial charge in [0.2, 0.25) is 17.7 Å². The van der Waals surface area contributed by atoms with E-state index in [9.17, 15) is 49.8 Å². The first-order valence-electron chi connectivity index (χ1n) is 16.7. The van der Waals surface area contributed by atoms with Crippen molar-refractivity contribution in [2.24, 2.45) is 0 Å². The lowest BCUT2D eigenvalue weighted by Gasteiger charge is -2.50. The predicted octanol–water partition coefficient (Wildman–Crippen LogP) is -5.04. The minimum atomic E-state index is -1.81. The summed E-state index contributed by atoms with van der Waals surface area (Å²) in [6, 6.07) is -4.20. The van der Waals surface area contributed by atoms with E-state index in [0.29, 0.717) is 12.8 Å². The number of nitrogens with one attached hydrogen (secondary N) is 3. The van der Waals surface area contributed by atoms with Gasteiger partial charge in [-0.2, -0.15) is 0 Å². The van der Waals surface area contributed by atoms with E-state index in [1.807, 2.05) is 0 Å². The highest BCUT2D eigenvalue weighted by Gasteiger charge is 2.54. The molecule has 0 aromatic rings. The van der Waals surface area contributed by atoms with Crippen LogP contribution in [0.3, 0.4) is 0 Å². The van der Waals surface area contributed by atoms with Gasteiger partial charge in [-0.15, -0.1) is 6.58 Å². The summed E-state index contributed by atoms with van der Waals surface area (Å²) in [4.78, 5) is 47.3. The molecular formula is C31H51N3O18. The third-order valence-electron chi connectivity index (χ3n) is 8.44. The third-order valence-corrected chi connectivity index (χ3v) is 8.44. The third kappa shape index (κ3) is 11.5. The van der Waals surface area contributed by atoms with E-state index in [1.54, 1.807) is 6.08 Å². The summed E-state index contributed by atoms with van der Waals surface area (Å²) in [5.41, 5.74) is 0. The highest BCUT2D eigenvalue weighted by atomic mass is 16.7. The molecule has 0 aliphatic carbocycles. The van der Waals surface area contributed by atoms with Gasteiger partial charge in [0.25, 0.3) is 0 Å². The average Bonchev–Trinajstić information content (AvgIpc) is 3.07. The number of carbonyl (C=O) groups excluding carboxylic acids is 3. The summed E-state index contributed by atoms with van der Waals surface area (Å²) in [6.45, 7) is 4.35. The number of hydrogen-bond donors (Lipinski definition) is 10. The molecule has 3 heterocycles. The Balaban J connectivity index is 1.88. The molecule has 15 atom stereocenters. The second-order valence-corrected chi connectivity index (χ2v) is 12.5. The highest BCUT2D eigenvalue weighted by molar-refractivity contribution is 5.74. The molecule has 0 spiro atoms. The number of rotatable bonds is 18. The number of carboxylic acid groups (broad SMARTS) is 1. The van der Waals surface area contributed by atoms with Crippen molar-refractivity contribution in [3.05, 3.63) is 12.7 Å². The minimum Gasteiger partial charge on any atom is -0.480 e. The SMILES string of the molecule is C=CCCCO[C@@H]1O[C@H](CO)[C@@H](O[C@@H]2O[C@H](CO)[C@@H](O[C@@H]3O[C@H](COCC(=O)O)[C@@H](O)[C@H](O)[C@H]3NC(C)=O)[C@H](O)[C@H]2NC(C)=O)[C@H](O)[C@H]1NC(C)=O. The van der Waals surface area contributed by atoms with Crippen molar-refractivity contribution in [3.8, 4) is 0 Å². The van der Waals surface area contributed by atoms with Gasteiger partial charge in [0.05, 0.1) is 26.4 Å². The van der Waals surface area contributed by atoms with Crippen molar-refractivity contribution in [2.75, 3.05) is 33.0 Å². The van der Waals surface area contributed by atoms with E-state index >= 15 is 0 Å². The molecule has 0 radical (unpaired) electrons. The number of amides is 3. The number of aliphatic hydroxyl groups is 6. The van der Waals surface area contributed by atoms with Crippen LogP contribution in [0.25, 0.3) is 0 Å². The lowest BCUT2D eigenvalue weighted by molar-refractivity contribution is -0.353. The van der Waals surface area contributed by atoms with E-state index in [0.717, 1.165) is 13.8 Å². The first kappa shape index (κ1) is 43.5. The minimum absolute atomic E-state index is 0.158. The highest BCUT2D eigenvalue weighted by Crippen LogP contribution is 2.33. The van der Waals surface area contributed by atoms with Crippen molar-refractivity contribution in [1.82, 2.24) is 16.0 Å². The van der Waals surface area contributed by atoms with Crippen LogP contribution in [-0.2, 0) is 52.3 Å². The summed E-state index contributed by atoms with van der Waals surface area (Å²) in [6.07, 6.45) is -15.8. The Morgan fingerprint density at radius 1 is 0.692 bits per heavy atom. The predicted molar refractivity (Wildman–Crippen MR) is 171 cm³/mol. The molecule has 3 fully saturated rings. The molecule has 0 unspecified atom stereocenters. The van der Waals surface area contributed by atoms with Crippen molar-refractivity contribution >= 4 is 23.7 Å². The Bertz CT molecular complexity index is 1200. The van der Waals surface area contributed by atoms with Gasteiger partial charge in [0.1, 0.15) is 79.7 Å². The summed E-state index contributed by atoms with van der Waals surface area (Å²) < 4.78 is 40.3. The first-order valence-corrected chi connectivity index (χ1v) is 16.7. The van der Waals surface area contributed by atoms with E-state index in [2.05, 4.69) is 22.5 Å². The number of aliphatic carboxylic acids is 1. The molecule has 298 valence electrons. The van der Waals surface area contributed by atoms with Crippen molar-refractivity contribution in [3.63, 3.8) is 0 Å². The summed E-state index contributed by atoms with van der Waals surface area (Å²) >= 11 is 0. The van der Waals surface area contributed by atoms with Crippen LogP contribution in [0.2, 0.25) is 0 Å². The van der Waals surface area contributed by atoms with Gasteiger partial charge in [-0.05, 0) is 12.8 Å². The quantitative estimate of drug-likeness (QED) is 0.0463. The molecule has 0 aromatic carbocycles. The zero-order chi connectivity index (χ0) is 38.7. The molecule has 10 N–H and O–H groups in total. The largest absolute Gasteiger partial charge is 0.480 e. The molecule has 0 aromatic heterocycles. The number of aliphatic hydroxyl groups excluding tert-OH is 6. The van der Waals surface area contributed by atoms with E-state index in [1.165, 1.54) is 6.92 Å². The summed E-state index contributed by atoms with van der Waals surface area (Å²) in [5.74, 6) is -3.24. The van der Waals surface area contributed by atoms with Gasteiger partial charge in [0, 0.05) is 20.8 Å². The van der Waals surface area contributed by atoms with Crippen LogP contribution in [-0.4, -0.2) is 184 Å². The van der Waals surface area contributed by atoms with Crippen LogP contribution in [0, 0.1) is 0 Å². The Kier molecular flexibility index (Phi) is 17.2. The van der Waals surface area contributed by atoms with E-state index in [-0.39, 0.29) is 6.61 Å². The van der Waals surface area contributed by atoms with E-state index in [4.69, 9.17) is 38.3 Å². The molecule has 0 bridgehead atoms. The Morgan fingerprint density at radius 2 is 1.13 bits per heavy atom.